The molecule has 0 spiro atoms. The number of anilines is 2. The van der Waals surface area contributed by atoms with Crippen LogP contribution in [0.3, 0.4) is 0 Å². The highest BCUT2D eigenvalue weighted by Gasteiger charge is 2.12. The summed E-state index contributed by atoms with van der Waals surface area (Å²) in [7, 11) is 1.89. The van der Waals surface area contributed by atoms with Crippen molar-refractivity contribution in [2.24, 2.45) is 0 Å². The average molecular weight is 318 g/mol. The van der Waals surface area contributed by atoms with E-state index in [1.807, 2.05) is 42.1 Å². The predicted octanol–water partition coefficient (Wildman–Crippen LogP) is 2.81. The van der Waals surface area contributed by atoms with Crippen molar-refractivity contribution in [3.05, 3.63) is 41.3 Å². The number of nitrogens with two attached hydrogens (primary N) is 1. The highest BCUT2D eigenvalue weighted by Crippen LogP contribution is 2.30. The van der Waals surface area contributed by atoms with Gasteiger partial charge in [-0.2, -0.15) is 0 Å². The Kier molecular flexibility index (Phi) is 2.87. The minimum absolute atomic E-state index is 0.473. The van der Waals surface area contributed by atoms with Crippen molar-refractivity contribution in [3.63, 3.8) is 0 Å². The molecule has 2 aromatic heterocycles. The van der Waals surface area contributed by atoms with Crippen molar-refractivity contribution in [2.45, 2.75) is 0 Å². The van der Waals surface area contributed by atoms with E-state index in [-0.39, 0.29) is 0 Å². The highest BCUT2D eigenvalue weighted by molar-refractivity contribution is 9.10. The van der Waals surface area contributed by atoms with Crippen LogP contribution in [0.1, 0.15) is 0 Å². The van der Waals surface area contributed by atoms with Crippen LogP contribution in [-0.2, 0) is 0 Å². The standard InChI is InChI=1S/C13H12BrN5/c1-16-8-3-2-4-9(5-8)19-6-10(14)11-12(15)17-7-18-13(11)19/h2-7,16H,1H3,(H2,15,17,18). The third kappa shape index (κ3) is 1.94. The average Bonchev–Trinajstić information content (AvgIpc) is 2.78. The number of nitrogens with one attached hydrogen (secondary N) is 1. The summed E-state index contributed by atoms with van der Waals surface area (Å²) in [6, 6.07) is 8.06. The van der Waals surface area contributed by atoms with Crippen LogP contribution < -0.4 is 11.1 Å². The fraction of sp³-hybridized carbons (Fsp3) is 0.0769. The number of halogens is 1. The SMILES string of the molecule is CNc1cccc(-n2cc(Br)c3c(N)ncnc32)c1. The van der Waals surface area contributed by atoms with Crippen molar-refractivity contribution in [1.29, 1.82) is 0 Å². The lowest BCUT2D eigenvalue weighted by Gasteiger charge is -2.07. The summed E-state index contributed by atoms with van der Waals surface area (Å²) in [5, 5.41) is 3.95. The molecule has 0 saturated carbocycles. The van der Waals surface area contributed by atoms with E-state index >= 15 is 0 Å². The molecule has 0 saturated heterocycles. The van der Waals surface area contributed by atoms with Gasteiger partial charge in [0.25, 0.3) is 0 Å². The van der Waals surface area contributed by atoms with Crippen LogP contribution in [-0.4, -0.2) is 21.6 Å². The van der Waals surface area contributed by atoms with Crippen molar-refractivity contribution in [1.82, 2.24) is 14.5 Å². The molecule has 0 aliphatic carbocycles. The van der Waals surface area contributed by atoms with Crippen LogP contribution in [0.5, 0.6) is 0 Å². The molecule has 0 aliphatic rings. The fourth-order valence-corrected chi connectivity index (χ4v) is 2.63. The number of fused-ring (bicyclic) bond motifs is 1. The molecule has 0 unspecified atom stereocenters. The van der Waals surface area contributed by atoms with Crippen molar-refractivity contribution >= 4 is 38.5 Å². The van der Waals surface area contributed by atoms with Gasteiger partial charge in [-0.3, -0.25) is 4.57 Å². The van der Waals surface area contributed by atoms with Crippen molar-refractivity contribution in [2.75, 3.05) is 18.1 Å². The number of hydrogen-bond donors (Lipinski definition) is 2. The summed E-state index contributed by atoms with van der Waals surface area (Å²) < 4.78 is 2.87. The van der Waals surface area contributed by atoms with E-state index in [1.54, 1.807) is 0 Å². The second-order valence-electron chi connectivity index (χ2n) is 4.10. The van der Waals surface area contributed by atoms with E-state index in [1.165, 1.54) is 6.33 Å². The first-order valence-electron chi connectivity index (χ1n) is 5.76. The number of benzene rings is 1. The van der Waals surface area contributed by atoms with Crippen molar-refractivity contribution in [3.8, 4) is 5.69 Å². The molecule has 0 radical (unpaired) electrons. The first-order chi connectivity index (χ1) is 9.20. The maximum absolute atomic E-state index is 5.90. The molecule has 96 valence electrons. The largest absolute Gasteiger partial charge is 0.388 e. The monoisotopic (exact) mass is 317 g/mol. The van der Waals surface area contributed by atoms with Gasteiger partial charge in [-0.15, -0.1) is 0 Å². The Morgan fingerprint density at radius 3 is 2.95 bits per heavy atom. The lowest BCUT2D eigenvalue weighted by molar-refractivity contribution is 1.08. The Morgan fingerprint density at radius 1 is 1.32 bits per heavy atom. The van der Waals surface area contributed by atoms with Gasteiger partial charge in [-0.1, -0.05) is 6.07 Å². The van der Waals surface area contributed by atoms with Gasteiger partial charge < -0.3 is 11.1 Å². The third-order valence-electron chi connectivity index (χ3n) is 2.98. The molecule has 0 atom stereocenters. The molecule has 19 heavy (non-hydrogen) atoms. The lowest BCUT2D eigenvalue weighted by atomic mass is 10.3. The summed E-state index contributed by atoms with van der Waals surface area (Å²) in [5.41, 5.74) is 8.74. The quantitative estimate of drug-likeness (QED) is 0.762. The predicted molar refractivity (Wildman–Crippen MR) is 80.5 cm³/mol. The molecule has 0 aliphatic heterocycles. The summed E-state index contributed by atoms with van der Waals surface area (Å²) in [6.45, 7) is 0. The minimum Gasteiger partial charge on any atom is -0.388 e. The molecule has 5 nitrogen and oxygen atoms in total. The van der Waals surface area contributed by atoms with Gasteiger partial charge in [0, 0.05) is 29.1 Å². The molecule has 0 amide bonds. The van der Waals surface area contributed by atoms with E-state index in [4.69, 9.17) is 5.73 Å². The van der Waals surface area contributed by atoms with E-state index in [9.17, 15) is 0 Å². The van der Waals surface area contributed by atoms with Crippen molar-refractivity contribution < 1.29 is 0 Å². The van der Waals surface area contributed by atoms with Crippen LogP contribution in [0.2, 0.25) is 0 Å². The second-order valence-corrected chi connectivity index (χ2v) is 4.96. The molecule has 0 bridgehead atoms. The number of aromatic nitrogens is 3. The normalized spacial score (nSPS) is 10.8. The Bertz CT molecular complexity index is 750. The van der Waals surface area contributed by atoms with Gasteiger partial charge in [0.05, 0.1) is 5.39 Å². The first kappa shape index (κ1) is 12.0. The summed E-state index contributed by atoms with van der Waals surface area (Å²) in [4.78, 5) is 8.34. The molecule has 1 aromatic carbocycles. The Balaban J connectivity index is 2.28. The highest BCUT2D eigenvalue weighted by atomic mass is 79.9. The zero-order valence-corrected chi connectivity index (χ0v) is 11.8. The molecule has 3 N–H and O–H groups in total. The van der Waals surface area contributed by atoms with Gasteiger partial charge >= 0.3 is 0 Å². The first-order valence-corrected chi connectivity index (χ1v) is 6.55. The molecule has 2 heterocycles. The van der Waals surface area contributed by atoms with E-state index in [2.05, 4.69) is 31.2 Å². The van der Waals surface area contributed by atoms with Crippen LogP contribution in [0, 0.1) is 0 Å². The number of nitrogens with zero attached hydrogens (tertiary/aromatic N) is 3. The van der Waals surface area contributed by atoms with Crippen LogP contribution in [0.15, 0.2) is 41.3 Å². The molecular weight excluding hydrogens is 306 g/mol. The third-order valence-corrected chi connectivity index (χ3v) is 3.58. The Morgan fingerprint density at radius 2 is 2.16 bits per heavy atom. The van der Waals surface area contributed by atoms with Crippen LogP contribution >= 0.6 is 15.9 Å². The second kappa shape index (κ2) is 4.55. The summed E-state index contributed by atoms with van der Waals surface area (Å²) in [5.74, 6) is 0.473. The summed E-state index contributed by atoms with van der Waals surface area (Å²) in [6.07, 6.45) is 3.42. The molecule has 6 heteroatoms. The van der Waals surface area contributed by atoms with Crippen LogP contribution in [0.4, 0.5) is 11.5 Å². The van der Waals surface area contributed by atoms with Gasteiger partial charge in [0.15, 0.2) is 5.65 Å². The van der Waals surface area contributed by atoms with E-state index < -0.39 is 0 Å². The topological polar surface area (TPSA) is 68.8 Å². The zero-order chi connectivity index (χ0) is 13.4. The molecule has 3 aromatic rings. The molecule has 3 rings (SSSR count). The Hall–Kier alpha value is -2.08. The minimum atomic E-state index is 0.473. The maximum atomic E-state index is 5.90. The zero-order valence-electron chi connectivity index (χ0n) is 10.3. The number of nitrogen functional groups attached to an aromatic ring is 1. The summed E-state index contributed by atoms with van der Waals surface area (Å²) >= 11 is 3.50. The van der Waals surface area contributed by atoms with E-state index in [0.29, 0.717) is 5.82 Å². The van der Waals surface area contributed by atoms with Gasteiger partial charge in [0.1, 0.15) is 12.1 Å². The van der Waals surface area contributed by atoms with E-state index in [0.717, 1.165) is 26.9 Å². The Labute approximate surface area is 118 Å². The number of hydrogen-bond acceptors (Lipinski definition) is 4. The molecular formula is C13H12BrN5. The number of rotatable bonds is 2. The van der Waals surface area contributed by atoms with Gasteiger partial charge in [-0.25, -0.2) is 9.97 Å². The smallest absolute Gasteiger partial charge is 0.151 e. The van der Waals surface area contributed by atoms with Crippen LogP contribution in [0.25, 0.3) is 16.7 Å². The lowest BCUT2D eigenvalue weighted by Crippen LogP contribution is -1.97. The molecule has 0 fully saturated rings. The fourth-order valence-electron chi connectivity index (χ4n) is 2.05. The maximum Gasteiger partial charge on any atom is 0.151 e. The van der Waals surface area contributed by atoms with Gasteiger partial charge in [-0.05, 0) is 34.1 Å². The van der Waals surface area contributed by atoms with Gasteiger partial charge in [0.2, 0.25) is 0 Å².